The smallest absolute Gasteiger partial charge is 0.192 e. The van der Waals surface area contributed by atoms with Crippen LogP contribution in [0, 0.1) is 0 Å². The fraction of sp³-hybridized carbons (Fsp3) is 0.500. The van der Waals surface area contributed by atoms with Gasteiger partial charge in [-0.3, -0.25) is 4.79 Å². The fourth-order valence-electron chi connectivity index (χ4n) is 1.60. The number of halogens is 2. The van der Waals surface area contributed by atoms with Crippen LogP contribution in [0.25, 0.3) is 0 Å². The number of unbranched alkanes of at least 4 members (excludes halogenated alkanes) is 2. The van der Waals surface area contributed by atoms with Crippen molar-refractivity contribution < 1.29 is 9.53 Å². The molecule has 1 aromatic carbocycles. The molecule has 0 saturated carbocycles. The lowest BCUT2D eigenvalue weighted by atomic mass is 10.1. The first-order valence-electron chi connectivity index (χ1n) is 6.17. The highest BCUT2D eigenvalue weighted by molar-refractivity contribution is 6.37. The van der Waals surface area contributed by atoms with Crippen LogP contribution in [0.1, 0.15) is 43.5 Å². The van der Waals surface area contributed by atoms with Crippen LogP contribution in [0.4, 0.5) is 0 Å². The summed E-state index contributed by atoms with van der Waals surface area (Å²) < 4.78 is 5.50. The Kier molecular flexibility index (Phi) is 6.69. The second-order valence-electron chi connectivity index (χ2n) is 4.21. The number of hydrogen-bond donors (Lipinski definition) is 0. The molecule has 0 N–H and O–H groups in total. The van der Waals surface area contributed by atoms with Crippen molar-refractivity contribution in [3.05, 3.63) is 33.8 Å². The molecule has 0 amide bonds. The zero-order chi connectivity index (χ0) is 13.5. The fourth-order valence-corrected chi connectivity index (χ4v) is 2.10. The largest absolute Gasteiger partial charge is 0.370 e. The highest BCUT2D eigenvalue weighted by atomic mass is 35.5. The summed E-state index contributed by atoms with van der Waals surface area (Å²) in [6, 6.07) is 4.86. The van der Waals surface area contributed by atoms with E-state index in [-0.39, 0.29) is 5.78 Å². The third-order valence-electron chi connectivity index (χ3n) is 2.68. The molecule has 1 aromatic rings. The van der Waals surface area contributed by atoms with E-state index in [9.17, 15) is 4.79 Å². The molecule has 0 spiro atoms. The van der Waals surface area contributed by atoms with Gasteiger partial charge in [0.25, 0.3) is 0 Å². The quantitative estimate of drug-likeness (QED) is 0.534. The minimum absolute atomic E-state index is 0.104. The van der Waals surface area contributed by atoms with E-state index in [1.54, 1.807) is 25.1 Å². The van der Waals surface area contributed by atoms with Crippen LogP contribution >= 0.6 is 23.2 Å². The van der Waals surface area contributed by atoms with E-state index < -0.39 is 6.10 Å². The summed E-state index contributed by atoms with van der Waals surface area (Å²) >= 11 is 11.8. The van der Waals surface area contributed by atoms with E-state index in [0.717, 1.165) is 19.3 Å². The van der Waals surface area contributed by atoms with Gasteiger partial charge in [-0.05, 0) is 31.5 Å². The topological polar surface area (TPSA) is 26.3 Å². The molecule has 0 saturated heterocycles. The predicted octanol–water partition coefficient (Wildman–Crippen LogP) is 4.77. The molecule has 1 rings (SSSR count). The Morgan fingerprint density at radius 3 is 2.67 bits per heavy atom. The van der Waals surface area contributed by atoms with Crippen molar-refractivity contribution in [2.75, 3.05) is 6.61 Å². The molecule has 0 aliphatic rings. The van der Waals surface area contributed by atoms with E-state index >= 15 is 0 Å². The summed E-state index contributed by atoms with van der Waals surface area (Å²) in [5.41, 5.74) is 0.462. The molecule has 18 heavy (non-hydrogen) atoms. The molecule has 0 radical (unpaired) electrons. The number of Topliss-reactive ketones (excluding diaryl/α,β-unsaturated/α-hetero) is 1. The minimum atomic E-state index is -0.472. The molecule has 4 heteroatoms. The van der Waals surface area contributed by atoms with Crippen molar-refractivity contribution in [2.24, 2.45) is 0 Å². The van der Waals surface area contributed by atoms with Crippen molar-refractivity contribution in [1.82, 2.24) is 0 Å². The Hall–Kier alpha value is -0.570. The van der Waals surface area contributed by atoms with Crippen molar-refractivity contribution in [3.63, 3.8) is 0 Å². The molecule has 0 bridgehead atoms. The van der Waals surface area contributed by atoms with Crippen molar-refractivity contribution in [3.8, 4) is 0 Å². The lowest BCUT2D eigenvalue weighted by molar-refractivity contribution is 0.0465. The maximum atomic E-state index is 12.1. The lowest BCUT2D eigenvalue weighted by Crippen LogP contribution is -2.21. The number of carbonyl (C=O) groups excluding carboxylic acids is 1. The van der Waals surface area contributed by atoms with E-state index in [2.05, 4.69) is 6.92 Å². The Morgan fingerprint density at radius 1 is 1.33 bits per heavy atom. The van der Waals surface area contributed by atoms with Crippen LogP contribution in [0.2, 0.25) is 10.0 Å². The van der Waals surface area contributed by atoms with Gasteiger partial charge in [0.1, 0.15) is 6.10 Å². The van der Waals surface area contributed by atoms with Crippen molar-refractivity contribution in [1.29, 1.82) is 0 Å². The molecule has 0 aromatic heterocycles. The first-order valence-corrected chi connectivity index (χ1v) is 6.92. The highest BCUT2D eigenvalue weighted by Crippen LogP contribution is 2.22. The van der Waals surface area contributed by atoms with Gasteiger partial charge in [0, 0.05) is 17.2 Å². The van der Waals surface area contributed by atoms with Crippen LogP contribution in [-0.4, -0.2) is 18.5 Å². The number of ether oxygens (including phenoxy) is 1. The molecule has 2 nitrogen and oxygen atoms in total. The van der Waals surface area contributed by atoms with Gasteiger partial charge in [0.05, 0.1) is 5.02 Å². The van der Waals surface area contributed by atoms with Crippen LogP contribution in [-0.2, 0) is 4.74 Å². The third-order valence-corrected chi connectivity index (χ3v) is 3.23. The average Bonchev–Trinajstić information content (AvgIpc) is 2.33. The van der Waals surface area contributed by atoms with Gasteiger partial charge in [-0.15, -0.1) is 0 Å². The summed E-state index contributed by atoms with van der Waals surface area (Å²) in [7, 11) is 0. The van der Waals surface area contributed by atoms with Crippen LogP contribution in [0.15, 0.2) is 18.2 Å². The van der Waals surface area contributed by atoms with Crippen LogP contribution in [0.3, 0.4) is 0 Å². The van der Waals surface area contributed by atoms with Crippen molar-refractivity contribution in [2.45, 2.75) is 39.2 Å². The first-order chi connectivity index (χ1) is 8.56. The van der Waals surface area contributed by atoms with Gasteiger partial charge in [-0.25, -0.2) is 0 Å². The predicted molar refractivity (Wildman–Crippen MR) is 75.7 cm³/mol. The first kappa shape index (κ1) is 15.5. The monoisotopic (exact) mass is 288 g/mol. The Morgan fingerprint density at radius 2 is 2.06 bits per heavy atom. The number of hydrogen-bond acceptors (Lipinski definition) is 2. The maximum absolute atomic E-state index is 12.1. The Bertz CT molecular complexity index is 405. The zero-order valence-corrected chi connectivity index (χ0v) is 12.2. The zero-order valence-electron chi connectivity index (χ0n) is 10.7. The maximum Gasteiger partial charge on any atom is 0.192 e. The Balaban J connectivity index is 2.57. The molecule has 1 unspecified atom stereocenters. The summed E-state index contributed by atoms with van der Waals surface area (Å²) in [4.78, 5) is 12.1. The molecule has 1 atom stereocenters. The second-order valence-corrected chi connectivity index (χ2v) is 5.05. The van der Waals surface area contributed by atoms with Crippen LogP contribution in [0.5, 0.6) is 0 Å². The SMILES string of the molecule is CCCCCOC(C)C(=O)c1ccc(Cl)cc1Cl. The average molecular weight is 289 g/mol. The molecular formula is C14H18Cl2O2. The number of carbonyl (C=O) groups is 1. The van der Waals surface area contributed by atoms with Gasteiger partial charge in [-0.1, -0.05) is 43.0 Å². The minimum Gasteiger partial charge on any atom is -0.370 e. The standard InChI is InChI=1S/C14H18Cl2O2/c1-3-4-5-8-18-10(2)14(17)12-7-6-11(15)9-13(12)16/h6-7,9-10H,3-5,8H2,1-2H3. The molecule has 0 aliphatic carbocycles. The van der Waals surface area contributed by atoms with Gasteiger partial charge in [0.2, 0.25) is 0 Å². The van der Waals surface area contributed by atoms with Gasteiger partial charge < -0.3 is 4.74 Å². The summed E-state index contributed by atoms with van der Waals surface area (Å²) in [5.74, 6) is -0.104. The summed E-state index contributed by atoms with van der Waals surface area (Å²) in [6.45, 7) is 4.48. The summed E-state index contributed by atoms with van der Waals surface area (Å²) in [5, 5.41) is 0.893. The molecule has 100 valence electrons. The molecule has 0 aliphatic heterocycles. The van der Waals surface area contributed by atoms with E-state index in [1.165, 1.54) is 0 Å². The second kappa shape index (κ2) is 7.78. The normalized spacial score (nSPS) is 12.4. The lowest BCUT2D eigenvalue weighted by Gasteiger charge is -2.13. The van der Waals surface area contributed by atoms with Gasteiger partial charge >= 0.3 is 0 Å². The van der Waals surface area contributed by atoms with Crippen molar-refractivity contribution >= 4 is 29.0 Å². The number of ketones is 1. The van der Waals surface area contributed by atoms with E-state index in [0.29, 0.717) is 22.2 Å². The highest BCUT2D eigenvalue weighted by Gasteiger charge is 2.18. The molecule has 0 fully saturated rings. The van der Waals surface area contributed by atoms with Gasteiger partial charge in [0.15, 0.2) is 5.78 Å². The molecule has 0 heterocycles. The summed E-state index contributed by atoms with van der Waals surface area (Å²) in [6.07, 6.45) is 2.75. The number of benzene rings is 1. The molecular weight excluding hydrogens is 271 g/mol. The third kappa shape index (κ3) is 4.60. The van der Waals surface area contributed by atoms with Gasteiger partial charge in [-0.2, -0.15) is 0 Å². The van der Waals surface area contributed by atoms with Crippen LogP contribution < -0.4 is 0 Å². The number of rotatable bonds is 7. The Labute approximate surface area is 118 Å². The van der Waals surface area contributed by atoms with E-state index in [4.69, 9.17) is 27.9 Å². The van der Waals surface area contributed by atoms with E-state index in [1.807, 2.05) is 0 Å².